The molecule has 2 heterocycles. The van der Waals surface area contributed by atoms with Gasteiger partial charge in [0, 0.05) is 38.3 Å². The van der Waals surface area contributed by atoms with Crippen molar-refractivity contribution in [3.05, 3.63) is 10.4 Å². The third-order valence-electron chi connectivity index (χ3n) is 4.47. The molecule has 1 amide bonds. The molecule has 2 fully saturated rings. The van der Waals surface area contributed by atoms with Crippen LogP contribution in [0.2, 0.25) is 0 Å². The number of hydrogen-bond acceptors (Lipinski definition) is 5. The summed E-state index contributed by atoms with van der Waals surface area (Å²) in [6.45, 7) is 5.37. The summed E-state index contributed by atoms with van der Waals surface area (Å²) in [5, 5.41) is 3.94. The molecule has 1 saturated heterocycles. The van der Waals surface area contributed by atoms with Crippen LogP contribution in [0, 0.1) is 0 Å². The summed E-state index contributed by atoms with van der Waals surface area (Å²) in [7, 11) is 3.82. The second kappa shape index (κ2) is 5.50. The summed E-state index contributed by atoms with van der Waals surface area (Å²) in [5.41, 5.74) is 8.26. The van der Waals surface area contributed by atoms with Crippen LogP contribution < -0.4 is 16.0 Å². The monoisotopic (exact) mass is 308 g/mol. The zero-order chi connectivity index (χ0) is 15.1. The molecule has 116 valence electrons. The summed E-state index contributed by atoms with van der Waals surface area (Å²) < 4.78 is 0. The number of likely N-dealkylation sites (N-methyl/N-ethyl adjacent to an activating group) is 1. The van der Waals surface area contributed by atoms with Crippen molar-refractivity contribution < 1.29 is 4.79 Å². The Bertz CT molecular complexity index is 552. The van der Waals surface area contributed by atoms with Crippen LogP contribution in [0.15, 0.2) is 0 Å². The number of nitrogens with one attached hydrogen (secondary N) is 1. The topological polar surface area (TPSA) is 61.6 Å². The Kier molecular flexibility index (Phi) is 3.84. The van der Waals surface area contributed by atoms with Crippen molar-refractivity contribution in [3.63, 3.8) is 0 Å². The molecule has 1 atom stereocenters. The molecule has 1 saturated carbocycles. The van der Waals surface area contributed by atoms with Gasteiger partial charge in [-0.1, -0.05) is 0 Å². The van der Waals surface area contributed by atoms with Crippen LogP contribution in [0.1, 0.15) is 40.9 Å². The van der Waals surface area contributed by atoms with E-state index < -0.39 is 0 Å². The molecule has 3 N–H and O–H groups in total. The molecule has 5 nitrogen and oxygen atoms in total. The van der Waals surface area contributed by atoms with E-state index in [1.54, 1.807) is 18.4 Å². The lowest BCUT2D eigenvalue weighted by molar-refractivity contribution is 0.0968. The molecule has 1 aliphatic heterocycles. The quantitative estimate of drug-likeness (QED) is 0.892. The highest BCUT2D eigenvalue weighted by Crippen LogP contribution is 2.52. The minimum absolute atomic E-state index is 0.0626. The number of thiophene rings is 1. The molecule has 3 rings (SSSR count). The first-order valence-electron chi connectivity index (χ1n) is 7.62. The van der Waals surface area contributed by atoms with Gasteiger partial charge in [0.1, 0.15) is 4.88 Å². The Morgan fingerprint density at radius 2 is 2.10 bits per heavy atom. The van der Waals surface area contributed by atoms with Crippen LogP contribution >= 0.6 is 11.3 Å². The summed E-state index contributed by atoms with van der Waals surface area (Å²) in [6.07, 6.45) is 2.40. The zero-order valence-electron chi connectivity index (χ0n) is 13.0. The molecule has 6 heteroatoms. The van der Waals surface area contributed by atoms with Crippen LogP contribution in [0.4, 0.5) is 10.7 Å². The van der Waals surface area contributed by atoms with E-state index in [1.165, 1.54) is 23.4 Å². The lowest BCUT2D eigenvalue weighted by Crippen LogP contribution is -2.50. The van der Waals surface area contributed by atoms with E-state index in [9.17, 15) is 4.79 Å². The van der Waals surface area contributed by atoms with Gasteiger partial charge in [-0.25, -0.2) is 0 Å². The third-order valence-corrected chi connectivity index (χ3v) is 5.73. The fourth-order valence-electron chi connectivity index (χ4n) is 3.15. The first-order chi connectivity index (χ1) is 10.0. The molecule has 1 aromatic heterocycles. The first-order valence-corrected chi connectivity index (χ1v) is 8.44. The van der Waals surface area contributed by atoms with Gasteiger partial charge in [-0.2, -0.15) is 0 Å². The maximum Gasteiger partial charge on any atom is 0.263 e. The first kappa shape index (κ1) is 14.7. The van der Waals surface area contributed by atoms with Gasteiger partial charge in [-0.3, -0.25) is 4.79 Å². The van der Waals surface area contributed by atoms with Gasteiger partial charge < -0.3 is 20.9 Å². The minimum Gasteiger partial charge on any atom is -0.397 e. The van der Waals surface area contributed by atoms with Crippen LogP contribution in [-0.4, -0.2) is 50.6 Å². The number of piperazine rings is 1. The van der Waals surface area contributed by atoms with Crippen molar-refractivity contribution in [2.45, 2.75) is 31.7 Å². The molecule has 0 spiro atoms. The normalized spacial score (nSPS) is 23.4. The molecule has 0 radical (unpaired) electrons. The van der Waals surface area contributed by atoms with E-state index in [1.807, 2.05) is 0 Å². The highest BCUT2D eigenvalue weighted by atomic mass is 32.1. The highest BCUT2D eigenvalue weighted by Gasteiger charge is 2.36. The number of hydrogen-bond donors (Lipinski definition) is 2. The van der Waals surface area contributed by atoms with Crippen molar-refractivity contribution >= 4 is 27.9 Å². The summed E-state index contributed by atoms with van der Waals surface area (Å²) >= 11 is 1.57. The Balaban J connectivity index is 1.99. The predicted molar refractivity (Wildman–Crippen MR) is 88.4 cm³/mol. The molecule has 1 aromatic rings. The number of amides is 1. The van der Waals surface area contributed by atoms with E-state index in [2.05, 4.69) is 29.1 Å². The summed E-state index contributed by atoms with van der Waals surface area (Å²) in [6, 6.07) is 0.455. The number of nitrogens with two attached hydrogens (primary N) is 1. The molecule has 0 aromatic carbocycles. The number of carbonyl (C=O) groups is 1. The van der Waals surface area contributed by atoms with Crippen LogP contribution in [0.3, 0.4) is 0 Å². The van der Waals surface area contributed by atoms with Crippen LogP contribution in [0.25, 0.3) is 0 Å². The number of carbonyl (C=O) groups excluding carboxylic acids is 1. The predicted octanol–water partition coefficient (Wildman–Crippen LogP) is 1.71. The smallest absolute Gasteiger partial charge is 0.263 e. The number of nitrogens with zero attached hydrogens (tertiary/aromatic N) is 2. The SMILES string of the molecule is CNC(=O)c1sc(N2CCN(C)CC2C)c(C2CC2)c1N. The van der Waals surface area contributed by atoms with Crippen LogP contribution in [0.5, 0.6) is 0 Å². The number of nitrogen functional groups attached to an aromatic ring is 1. The Hall–Kier alpha value is -1.27. The van der Waals surface area contributed by atoms with Gasteiger partial charge in [-0.15, -0.1) is 11.3 Å². The van der Waals surface area contributed by atoms with Gasteiger partial charge in [0.25, 0.3) is 5.91 Å². The van der Waals surface area contributed by atoms with Gasteiger partial charge in [0.15, 0.2) is 0 Å². The van der Waals surface area contributed by atoms with Gasteiger partial charge >= 0.3 is 0 Å². The van der Waals surface area contributed by atoms with Crippen molar-refractivity contribution in [2.75, 3.05) is 44.4 Å². The molecular weight excluding hydrogens is 284 g/mol. The molecule has 2 aliphatic rings. The van der Waals surface area contributed by atoms with E-state index in [0.717, 1.165) is 19.6 Å². The van der Waals surface area contributed by atoms with Gasteiger partial charge in [0.05, 0.1) is 10.7 Å². The van der Waals surface area contributed by atoms with E-state index >= 15 is 0 Å². The second-order valence-corrected chi connectivity index (χ2v) is 7.22. The summed E-state index contributed by atoms with van der Waals surface area (Å²) in [4.78, 5) is 17.5. The number of anilines is 2. The van der Waals surface area contributed by atoms with Crippen molar-refractivity contribution in [3.8, 4) is 0 Å². The lowest BCUT2D eigenvalue weighted by atomic mass is 10.1. The molecule has 1 unspecified atom stereocenters. The van der Waals surface area contributed by atoms with E-state index in [0.29, 0.717) is 22.5 Å². The van der Waals surface area contributed by atoms with Crippen LogP contribution in [-0.2, 0) is 0 Å². The average molecular weight is 308 g/mol. The van der Waals surface area contributed by atoms with E-state index in [-0.39, 0.29) is 5.91 Å². The molecule has 0 bridgehead atoms. The van der Waals surface area contributed by atoms with Crippen molar-refractivity contribution in [1.82, 2.24) is 10.2 Å². The number of rotatable bonds is 3. The fraction of sp³-hybridized carbons (Fsp3) is 0.667. The minimum atomic E-state index is -0.0626. The second-order valence-electron chi connectivity index (χ2n) is 6.22. The van der Waals surface area contributed by atoms with Crippen molar-refractivity contribution in [2.24, 2.45) is 0 Å². The standard InChI is InChI=1S/C15H24N4OS/c1-9-8-18(3)6-7-19(9)15-11(10-4-5-10)12(16)13(21-15)14(20)17-2/h9-10H,4-8,16H2,1-3H3,(H,17,20). The largest absolute Gasteiger partial charge is 0.397 e. The molecular formula is C15H24N4OS. The Labute approximate surface area is 130 Å². The van der Waals surface area contributed by atoms with Crippen molar-refractivity contribution in [1.29, 1.82) is 0 Å². The Morgan fingerprint density at radius 3 is 2.67 bits per heavy atom. The molecule has 1 aliphatic carbocycles. The highest BCUT2D eigenvalue weighted by molar-refractivity contribution is 7.18. The van der Waals surface area contributed by atoms with Gasteiger partial charge in [-0.05, 0) is 32.7 Å². The fourth-order valence-corrected chi connectivity index (χ4v) is 4.53. The van der Waals surface area contributed by atoms with E-state index in [4.69, 9.17) is 5.73 Å². The average Bonchev–Trinajstić information content (AvgIpc) is 3.22. The molecule has 21 heavy (non-hydrogen) atoms. The summed E-state index contributed by atoms with van der Waals surface area (Å²) in [5.74, 6) is 0.494. The maximum atomic E-state index is 12.1. The zero-order valence-corrected chi connectivity index (χ0v) is 13.8. The lowest BCUT2D eigenvalue weighted by Gasteiger charge is -2.39. The van der Waals surface area contributed by atoms with Gasteiger partial charge in [0.2, 0.25) is 0 Å². The maximum absolute atomic E-state index is 12.1. The Morgan fingerprint density at radius 1 is 1.38 bits per heavy atom. The third kappa shape index (κ3) is 2.62.